The summed E-state index contributed by atoms with van der Waals surface area (Å²) in [5.74, 6) is 0.373. The Morgan fingerprint density at radius 1 is 0.966 bits per heavy atom. The van der Waals surface area contributed by atoms with E-state index < -0.39 is 0 Å². The number of benzene rings is 3. The quantitative estimate of drug-likeness (QED) is 0.379. The van der Waals surface area contributed by atoms with Crippen molar-refractivity contribution in [1.29, 1.82) is 0 Å². The summed E-state index contributed by atoms with van der Waals surface area (Å²) in [5.41, 5.74) is 3.96. The van der Waals surface area contributed by atoms with Gasteiger partial charge in [-0.3, -0.25) is 4.79 Å². The summed E-state index contributed by atoms with van der Waals surface area (Å²) in [5, 5.41) is 4.18. The molecule has 0 aliphatic carbocycles. The van der Waals surface area contributed by atoms with Gasteiger partial charge in [0.15, 0.2) is 11.5 Å². The van der Waals surface area contributed by atoms with E-state index in [-0.39, 0.29) is 5.91 Å². The molecule has 0 spiro atoms. The number of carbonyl (C=O) groups is 1. The molecule has 0 aliphatic heterocycles. The van der Waals surface area contributed by atoms with Crippen LogP contribution in [0.2, 0.25) is 10.0 Å². The third-order valence-corrected chi connectivity index (χ3v) is 4.77. The Balaban J connectivity index is 1.44. The Labute approximate surface area is 177 Å². The molecule has 0 aliphatic rings. The molecule has 0 radical (unpaired) electrons. The Hall–Kier alpha value is -3.08. The van der Waals surface area contributed by atoms with Crippen molar-refractivity contribution in [2.24, 2.45) is 0 Å². The van der Waals surface area contributed by atoms with Gasteiger partial charge in [-0.05, 0) is 59.7 Å². The summed E-state index contributed by atoms with van der Waals surface area (Å²) >= 11 is 11.8. The van der Waals surface area contributed by atoms with Crippen molar-refractivity contribution in [3.63, 3.8) is 0 Å². The van der Waals surface area contributed by atoms with Crippen molar-refractivity contribution >= 4 is 52.0 Å². The number of oxazole rings is 1. The number of carbonyl (C=O) groups excluding carboxylic acids is 1. The van der Waals surface area contributed by atoms with Gasteiger partial charge in [0, 0.05) is 28.2 Å². The summed E-state index contributed by atoms with van der Waals surface area (Å²) in [6.45, 7) is 0. The number of amides is 1. The van der Waals surface area contributed by atoms with E-state index in [0.717, 1.165) is 11.1 Å². The highest BCUT2D eigenvalue weighted by molar-refractivity contribution is 6.30. The lowest BCUT2D eigenvalue weighted by atomic mass is 10.1. The number of nitrogens with zero attached hydrogens (tertiary/aromatic N) is 1. The van der Waals surface area contributed by atoms with Crippen LogP contribution in [0.15, 0.2) is 77.2 Å². The SMILES string of the molecule is O=C(/C=C/c1ccc(Cl)cc1)Nc1ccc2oc(Cc3ccc(Cl)cc3)nc2c1. The van der Waals surface area contributed by atoms with Crippen LogP contribution in [0.5, 0.6) is 0 Å². The smallest absolute Gasteiger partial charge is 0.248 e. The van der Waals surface area contributed by atoms with Gasteiger partial charge in [-0.15, -0.1) is 0 Å². The first kappa shape index (κ1) is 19.2. The molecule has 0 fully saturated rings. The standard InChI is InChI=1S/C23H16Cl2N2O2/c24-17-6-1-15(2-7-17)5-12-22(28)26-19-10-11-21-20(14-19)27-23(29-21)13-16-3-8-18(25)9-4-16/h1-12,14H,13H2,(H,26,28)/b12-5+. The van der Waals surface area contributed by atoms with Crippen LogP contribution in [0.25, 0.3) is 17.2 Å². The molecular formula is C23H16Cl2N2O2. The van der Waals surface area contributed by atoms with E-state index in [1.807, 2.05) is 36.4 Å². The molecule has 144 valence electrons. The minimum absolute atomic E-state index is 0.232. The van der Waals surface area contributed by atoms with E-state index in [9.17, 15) is 4.79 Å². The van der Waals surface area contributed by atoms with Gasteiger partial charge in [-0.2, -0.15) is 0 Å². The molecular weight excluding hydrogens is 407 g/mol. The van der Waals surface area contributed by atoms with Crippen LogP contribution in [-0.4, -0.2) is 10.9 Å². The van der Waals surface area contributed by atoms with Crippen LogP contribution in [0.1, 0.15) is 17.0 Å². The number of fused-ring (bicyclic) bond motifs is 1. The molecule has 4 nitrogen and oxygen atoms in total. The second-order valence-electron chi connectivity index (χ2n) is 6.47. The maximum atomic E-state index is 12.2. The number of rotatable bonds is 5. The number of nitrogens with one attached hydrogen (secondary N) is 1. The fraction of sp³-hybridized carbons (Fsp3) is 0.0435. The predicted molar refractivity (Wildman–Crippen MR) is 117 cm³/mol. The van der Waals surface area contributed by atoms with E-state index >= 15 is 0 Å². The number of aromatic nitrogens is 1. The number of hydrogen-bond donors (Lipinski definition) is 1. The maximum absolute atomic E-state index is 12.2. The summed E-state index contributed by atoms with van der Waals surface area (Å²) in [6, 6.07) is 20.2. The van der Waals surface area contributed by atoms with Crippen LogP contribution in [0, 0.1) is 0 Å². The lowest BCUT2D eigenvalue weighted by molar-refractivity contribution is -0.111. The lowest BCUT2D eigenvalue weighted by Crippen LogP contribution is -2.07. The van der Waals surface area contributed by atoms with Crippen molar-refractivity contribution in [2.45, 2.75) is 6.42 Å². The van der Waals surface area contributed by atoms with Crippen molar-refractivity contribution in [3.05, 3.63) is 99.9 Å². The van der Waals surface area contributed by atoms with Gasteiger partial charge in [0.2, 0.25) is 5.91 Å². The monoisotopic (exact) mass is 422 g/mol. The second kappa shape index (κ2) is 8.52. The van der Waals surface area contributed by atoms with Crippen LogP contribution < -0.4 is 5.32 Å². The minimum atomic E-state index is -0.232. The van der Waals surface area contributed by atoms with E-state index in [0.29, 0.717) is 39.1 Å². The third kappa shape index (κ3) is 5.05. The highest BCUT2D eigenvalue weighted by Crippen LogP contribution is 2.22. The Morgan fingerprint density at radius 2 is 1.66 bits per heavy atom. The molecule has 1 aromatic heterocycles. The molecule has 29 heavy (non-hydrogen) atoms. The van der Waals surface area contributed by atoms with Gasteiger partial charge in [0.1, 0.15) is 5.52 Å². The number of hydrogen-bond acceptors (Lipinski definition) is 3. The molecule has 4 rings (SSSR count). The molecule has 0 bridgehead atoms. The molecule has 0 saturated carbocycles. The van der Waals surface area contributed by atoms with E-state index in [1.165, 1.54) is 6.08 Å². The van der Waals surface area contributed by atoms with Crippen molar-refractivity contribution in [1.82, 2.24) is 4.98 Å². The molecule has 1 heterocycles. The second-order valence-corrected chi connectivity index (χ2v) is 7.34. The minimum Gasteiger partial charge on any atom is -0.440 e. The maximum Gasteiger partial charge on any atom is 0.248 e. The molecule has 6 heteroatoms. The summed E-state index contributed by atoms with van der Waals surface area (Å²) < 4.78 is 5.80. The van der Waals surface area contributed by atoms with Gasteiger partial charge in [0.05, 0.1) is 0 Å². The third-order valence-electron chi connectivity index (χ3n) is 4.27. The van der Waals surface area contributed by atoms with Gasteiger partial charge < -0.3 is 9.73 Å². The Kier molecular flexibility index (Phi) is 5.65. The largest absolute Gasteiger partial charge is 0.440 e. The predicted octanol–water partition coefficient (Wildman–Crippen LogP) is 6.38. The van der Waals surface area contributed by atoms with Gasteiger partial charge in [-0.25, -0.2) is 4.98 Å². The molecule has 0 saturated heterocycles. The number of halogens is 2. The molecule has 3 aromatic carbocycles. The highest BCUT2D eigenvalue weighted by Gasteiger charge is 2.08. The molecule has 0 atom stereocenters. The Morgan fingerprint density at radius 3 is 2.38 bits per heavy atom. The van der Waals surface area contributed by atoms with Gasteiger partial charge >= 0.3 is 0 Å². The van der Waals surface area contributed by atoms with Gasteiger partial charge in [-0.1, -0.05) is 47.5 Å². The van der Waals surface area contributed by atoms with Crippen LogP contribution >= 0.6 is 23.2 Å². The normalized spacial score (nSPS) is 11.2. The van der Waals surface area contributed by atoms with Crippen LogP contribution in [0.4, 0.5) is 5.69 Å². The van der Waals surface area contributed by atoms with E-state index in [4.69, 9.17) is 27.6 Å². The first-order valence-corrected chi connectivity index (χ1v) is 9.69. The summed E-state index contributed by atoms with van der Waals surface area (Å²) in [7, 11) is 0. The zero-order chi connectivity index (χ0) is 20.2. The molecule has 1 N–H and O–H groups in total. The molecule has 4 aromatic rings. The highest BCUT2D eigenvalue weighted by atomic mass is 35.5. The first-order valence-electron chi connectivity index (χ1n) is 8.94. The zero-order valence-corrected chi connectivity index (χ0v) is 16.7. The zero-order valence-electron chi connectivity index (χ0n) is 15.2. The molecule has 1 amide bonds. The fourth-order valence-electron chi connectivity index (χ4n) is 2.84. The topological polar surface area (TPSA) is 55.1 Å². The van der Waals surface area contributed by atoms with E-state index in [2.05, 4.69) is 10.3 Å². The fourth-order valence-corrected chi connectivity index (χ4v) is 3.09. The average Bonchev–Trinajstić information content (AvgIpc) is 3.11. The Bertz CT molecular complexity index is 1180. The van der Waals surface area contributed by atoms with Crippen molar-refractivity contribution < 1.29 is 9.21 Å². The van der Waals surface area contributed by atoms with Crippen LogP contribution in [0.3, 0.4) is 0 Å². The number of anilines is 1. The molecule has 0 unspecified atom stereocenters. The summed E-state index contributed by atoms with van der Waals surface area (Å²) in [4.78, 5) is 16.7. The lowest BCUT2D eigenvalue weighted by Gasteiger charge is -2.01. The van der Waals surface area contributed by atoms with E-state index in [1.54, 1.807) is 36.4 Å². The van der Waals surface area contributed by atoms with Crippen LogP contribution in [-0.2, 0) is 11.2 Å². The van der Waals surface area contributed by atoms with Crippen molar-refractivity contribution in [3.8, 4) is 0 Å². The van der Waals surface area contributed by atoms with Crippen molar-refractivity contribution in [2.75, 3.05) is 5.32 Å². The summed E-state index contributed by atoms with van der Waals surface area (Å²) in [6.07, 6.45) is 3.77. The van der Waals surface area contributed by atoms with Gasteiger partial charge in [0.25, 0.3) is 0 Å². The average molecular weight is 423 g/mol. The first-order chi connectivity index (χ1) is 14.0.